The Morgan fingerprint density at radius 2 is 1.77 bits per heavy atom. The van der Waals surface area contributed by atoms with Gasteiger partial charge in [0.15, 0.2) is 4.34 Å². The van der Waals surface area contributed by atoms with Crippen LogP contribution < -0.4 is 5.32 Å². The molecule has 0 saturated carbocycles. The van der Waals surface area contributed by atoms with Gasteiger partial charge in [-0.3, -0.25) is 0 Å². The van der Waals surface area contributed by atoms with Crippen molar-refractivity contribution in [3.8, 4) is 0 Å². The number of thioether (sulfide) groups is 1. The molecular formula is C17H25N3S2. The molecule has 2 rings (SSSR count). The van der Waals surface area contributed by atoms with Crippen LogP contribution in [0.5, 0.6) is 0 Å². The van der Waals surface area contributed by atoms with Gasteiger partial charge in [-0.1, -0.05) is 92.5 Å². The highest BCUT2D eigenvalue weighted by molar-refractivity contribution is 8.00. The van der Waals surface area contributed by atoms with E-state index in [1.165, 1.54) is 44.1 Å². The standard InChI is InChI=1S/C17H25N3S2/c1-2-3-4-5-6-10-13-18-16-19-20-17(22-16)21-14-15-11-8-7-9-12-15/h7-9,11-12H,2-6,10,13-14H2,1H3,(H,18,19). The summed E-state index contributed by atoms with van der Waals surface area (Å²) in [5, 5.41) is 12.8. The van der Waals surface area contributed by atoms with Gasteiger partial charge in [-0.25, -0.2) is 0 Å². The summed E-state index contributed by atoms with van der Waals surface area (Å²) >= 11 is 3.41. The highest BCUT2D eigenvalue weighted by Gasteiger charge is 2.04. The Morgan fingerprint density at radius 1 is 1.00 bits per heavy atom. The van der Waals surface area contributed by atoms with E-state index in [1.54, 1.807) is 23.1 Å². The molecule has 0 radical (unpaired) electrons. The molecule has 1 aromatic carbocycles. The van der Waals surface area contributed by atoms with Crippen molar-refractivity contribution >= 4 is 28.2 Å². The van der Waals surface area contributed by atoms with Crippen molar-refractivity contribution in [2.24, 2.45) is 0 Å². The largest absolute Gasteiger partial charge is 0.360 e. The summed E-state index contributed by atoms with van der Waals surface area (Å²) < 4.78 is 1.04. The van der Waals surface area contributed by atoms with E-state index in [1.807, 2.05) is 6.07 Å². The van der Waals surface area contributed by atoms with Crippen LogP contribution in [0.2, 0.25) is 0 Å². The molecule has 0 aliphatic heterocycles. The lowest BCUT2D eigenvalue weighted by Crippen LogP contribution is -2.00. The van der Waals surface area contributed by atoms with Crippen molar-refractivity contribution in [1.29, 1.82) is 0 Å². The summed E-state index contributed by atoms with van der Waals surface area (Å²) in [6.07, 6.45) is 7.93. The van der Waals surface area contributed by atoms with E-state index >= 15 is 0 Å². The molecule has 120 valence electrons. The molecule has 0 spiro atoms. The second kappa shape index (κ2) is 10.6. The molecule has 2 aromatic rings. The minimum atomic E-state index is 0.948. The summed E-state index contributed by atoms with van der Waals surface area (Å²) in [5.41, 5.74) is 1.32. The van der Waals surface area contributed by atoms with Crippen LogP contribution in [-0.2, 0) is 5.75 Å². The fourth-order valence-corrected chi connectivity index (χ4v) is 3.89. The molecule has 1 heterocycles. The topological polar surface area (TPSA) is 37.8 Å². The Bertz CT molecular complexity index is 514. The van der Waals surface area contributed by atoms with Crippen LogP contribution in [0.1, 0.15) is 51.0 Å². The molecule has 0 amide bonds. The molecule has 0 bridgehead atoms. The van der Waals surface area contributed by atoms with Gasteiger partial charge in [0.25, 0.3) is 0 Å². The summed E-state index contributed by atoms with van der Waals surface area (Å²) in [7, 11) is 0. The third kappa shape index (κ3) is 6.79. The van der Waals surface area contributed by atoms with Crippen molar-refractivity contribution in [3.05, 3.63) is 35.9 Å². The number of nitrogens with one attached hydrogen (secondary N) is 1. The highest BCUT2D eigenvalue weighted by atomic mass is 32.2. The maximum Gasteiger partial charge on any atom is 0.206 e. The first kappa shape index (κ1) is 17.3. The maximum atomic E-state index is 4.24. The second-order valence-electron chi connectivity index (χ2n) is 5.34. The summed E-state index contributed by atoms with van der Waals surface area (Å²) in [6.45, 7) is 3.26. The van der Waals surface area contributed by atoms with E-state index in [0.717, 1.165) is 21.8 Å². The lowest BCUT2D eigenvalue weighted by molar-refractivity contribution is 0.617. The molecule has 1 N–H and O–H groups in total. The Labute approximate surface area is 141 Å². The monoisotopic (exact) mass is 335 g/mol. The van der Waals surface area contributed by atoms with Crippen LogP contribution in [0, 0.1) is 0 Å². The van der Waals surface area contributed by atoms with Gasteiger partial charge in [-0.15, -0.1) is 10.2 Å². The Hall–Kier alpha value is -1.07. The summed E-state index contributed by atoms with van der Waals surface area (Å²) in [4.78, 5) is 0. The Balaban J connectivity index is 1.60. The SMILES string of the molecule is CCCCCCCCNc1nnc(SCc2ccccc2)s1. The smallest absolute Gasteiger partial charge is 0.206 e. The van der Waals surface area contributed by atoms with E-state index in [2.05, 4.69) is 46.7 Å². The van der Waals surface area contributed by atoms with Crippen molar-refractivity contribution in [3.63, 3.8) is 0 Å². The van der Waals surface area contributed by atoms with Crippen LogP contribution in [0.4, 0.5) is 5.13 Å². The number of hydrogen-bond donors (Lipinski definition) is 1. The van der Waals surface area contributed by atoms with E-state index in [0.29, 0.717) is 0 Å². The van der Waals surface area contributed by atoms with E-state index in [-0.39, 0.29) is 0 Å². The van der Waals surface area contributed by atoms with Gasteiger partial charge < -0.3 is 5.32 Å². The molecule has 1 aromatic heterocycles. The van der Waals surface area contributed by atoms with Crippen molar-refractivity contribution in [2.45, 2.75) is 55.5 Å². The fraction of sp³-hybridized carbons (Fsp3) is 0.529. The number of anilines is 1. The third-order valence-corrected chi connectivity index (χ3v) is 5.50. The van der Waals surface area contributed by atoms with Crippen LogP contribution in [0.25, 0.3) is 0 Å². The van der Waals surface area contributed by atoms with Crippen LogP contribution in [0.3, 0.4) is 0 Å². The molecule has 0 unspecified atom stereocenters. The van der Waals surface area contributed by atoms with E-state index in [4.69, 9.17) is 0 Å². The van der Waals surface area contributed by atoms with E-state index < -0.39 is 0 Å². The van der Waals surface area contributed by atoms with Crippen molar-refractivity contribution < 1.29 is 0 Å². The van der Waals surface area contributed by atoms with Crippen LogP contribution in [-0.4, -0.2) is 16.7 Å². The van der Waals surface area contributed by atoms with Gasteiger partial charge in [-0.05, 0) is 12.0 Å². The average Bonchev–Trinajstić information content (AvgIpc) is 3.01. The van der Waals surface area contributed by atoms with Gasteiger partial charge in [0.1, 0.15) is 0 Å². The quantitative estimate of drug-likeness (QED) is 0.428. The first-order chi connectivity index (χ1) is 10.9. The highest BCUT2D eigenvalue weighted by Crippen LogP contribution is 2.28. The molecule has 22 heavy (non-hydrogen) atoms. The minimum Gasteiger partial charge on any atom is -0.360 e. The van der Waals surface area contributed by atoms with Crippen molar-refractivity contribution in [2.75, 3.05) is 11.9 Å². The molecule has 0 saturated heterocycles. The van der Waals surface area contributed by atoms with Crippen LogP contribution in [0.15, 0.2) is 34.7 Å². The number of rotatable bonds is 11. The van der Waals surface area contributed by atoms with Crippen LogP contribution >= 0.6 is 23.1 Å². The zero-order chi connectivity index (χ0) is 15.5. The number of nitrogens with zero attached hydrogens (tertiary/aromatic N) is 2. The van der Waals surface area contributed by atoms with Crippen molar-refractivity contribution in [1.82, 2.24) is 10.2 Å². The number of aromatic nitrogens is 2. The van der Waals surface area contributed by atoms with Gasteiger partial charge in [-0.2, -0.15) is 0 Å². The second-order valence-corrected chi connectivity index (χ2v) is 7.54. The van der Waals surface area contributed by atoms with Gasteiger partial charge in [0, 0.05) is 12.3 Å². The predicted molar refractivity (Wildman–Crippen MR) is 97.8 cm³/mol. The molecule has 5 heteroatoms. The fourth-order valence-electron chi connectivity index (χ4n) is 2.16. The lowest BCUT2D eigenvalue weighted by atomic mass is 10.1. The number of benzene rings is 1. The number of hydrogen-bond acceptors (Lipinski definition) is 5. The number of unbranched alkanes of at least 4 members (excludes halogenated alkanes) is 5. The normalized spacial score (nSPS) is 10.8. The zero-order valence-corrected chi connectivity index (χ0v) is 14.9. The van der Waals surface area contributed by atoms with Gasteiger partial charge in [0.2, 0.25) is 5.13 Å². The first-order valence-corrected chi connectivity index (χ1v) is 9.93. The molecule has 0 fully saturated rings. The lowest BCUT2D eigenvalue weighted by Gasteiger charge is -2.01. The molecule has 0 aliphatic rings. The molecular weight excluding hydrogens is 310 g/mol. The molecule has 0 aliphatic carbocycles. The zero-order valence-electron chi connectivity index (χ0n) is 13.3. The van der Waals surface area contributed by atoms with E-state index in [9.17, 15) is 0 Å². The van der Waals surface area contributed by atoms with Gasteiger partial charge in [0.05, 0.1) is 0 Å². The third-order valence-electron chi connectivity index (χ3n) is 3.42. The molecule has 3 nitrogen and oxygen atoms in total. The summed E-state index contributed by atoms with van der Waals surface area (Å²) in [5.74, 6) is 0.951. The summed E-state index contributed by atoms with van der Waals surface area (Å²) in [6, 6.07) is 10.5. The minimum absolute atomic E-state index is 0.948. The predicted octanol–water partition coefficient (Wildman–Crippen LogP) is 5.60. The Kier molecular flexibility index (Phi) is 8.35. The first-order valence-electron chi connectivity index (χ1n) is 8.12. The molecule has 0 atom stereocenters. The average molecular weight is 336 g/mol. The maximum absolute atomic E-state index is 4.24. The van der Waals surface area contributed by atoms with Gasteiger partial charge >= 0.3 is 0 Å². The Morgan fingerprint density at radius 3 is 2.59 bits per heavy atom.